The van der Waals surface area contributed by atoms with Crippen LogP contribution in [0, 0.1) is 6.92 Å². The number of nitrogens with zero attached hydrogens (tertiary/aromatic N) is 2. The number of rotatable bonds is 4. The van der Waals surface area contributed by atoms with Gasteiger partial charge in [-0.1, -0.05) is 18.2 Å². The lowest BCUT2D eigenvalue weighted by molar-refractivity contribution is 0.102. The van der Waals surface area contributed by atoms with Crippen LogP contribution in [0.25, 0.3) is 10.8 Å². The molecule has 6 nitrogen and oxygen atoms in total. The Labute approximate surface area is 155 Å². The quantitative estimate of drug-likeness (QED) is 0.758. The van der Waals surface area contributed by atoms with Crippen molar-refractivity contribution in [3.8, 4) is 10.8 Å². The Morgan fingerprint density at radius 1 is 1.19 bits per heavy atom. The highest BCUT2D eigenvalue weighted by Crippen LogP contribution is 2.29. The Morgan fingerprint density at radius 2 is 2.00 bits per heavy atom. The molecule has 1 fully saturated rings. The molecule has 1 N–H and O–H groups in total. The van der Waals surface area contributed by atoms with Gasteiger partial charge in [-0.2, -0.15) is 0 Å². The molecule has 1 aliphatic heterocycles. The fraction of sp³-hybridized carbons (Fsp3) is 0.263. The van der Waals surface area contributed by atoms with E-state index < -0.39 is 0 Å². The van der Waals surface area contributed by atoms with Crippen LogP contribution in [0.2, 0.25) is 0 Å². The summed E-state index contributed by atoms with van der Waals surface area (Å²) in [7, 11) is 0. The van der Waals surface area contributed by atoms with Crippen molar-refractivity contribution in [1.82, 2.24) is 4.98 Å². The first-order valence-corrected chi connectivity index (χ1v) is 9.35. The molecule has 26 heavy (non-hydrogen) atoms. The zero-order chi connectivity index (χ0) is 17.9. The van der Waals surface area contributed by atoms with E-state index in [1.807, 2.05) is 41.8 Å². The van der Waals surface area contributed by atoms with Crippen LogP contribution in [0.5, 0.6) is 0 Å². The lowest BCUT2D eigenvalue weighted by Crippen LogP contribution is -2.36. The van der Waals surface area contributed by atoms with Crippen molar-refractivity contribution >= 4 is 28.6 Å². The van der Waals surface area contributed by atoms with Crippen molar-refractivity contribution < 1.29 is 13.9 Å². The normalized spacial score (nSPS) is 14.4. The van der Waals surface area contributed by atoms with Crippen LogP contribution in [0.4, 0.5) is 11.4 Å². The predicted molar refractivity (Wildman–Crippen MR) is 102 cm³/mol. The molecule has 0 aliphatic carbocycles. The summed E-state index contributed by atoms with van der Waals surface area (Å²) in [6.07, 6.45) is 0. The minimum absolute atomic E-state index is 0.269. The summed E-state index contributed by atoms with van der Waals surface area (Å²) >= 11 is 1.53. The first kappa shape index (κ1) is 16.8. The average Bonchev–Trinajstić information content (AvgIpc) is 3.32. The molecule has 1 aliphatic rings. The van der Waals surface area contributed by atoms with Gasteiger partial charge in [0, 0.05) is 13.1 Å². The molecule has 0 bridgehead atoms. The van der Waals surface area contributed by atoms with Gasteiger partial charge in [0.1, 0.15) is 5.76 Å². The maximum Gasteiger partial charge on any atom is 0.277 e. The Bertz CT molecular complexity index is 899. The molecule has 3 heterocycles. The maximum atomic E-state index is 12.8. The van der Waals surface area contributed by atoms with Gasteiger partial charge in [0.25, 0.3) is 5.91 Å². The monoisotopic (exact) mass is 369 g/mol. The number of thiophene rings is 1. The molecule has 0 unspecified atom stereocenters. The fourth-order valence-electron chi connectivity index (χ4n) is 2.95. The van der Waals surface area contributed by atoms with Gasteiger partial charge in [0.15, 0.2) is 5.69 Å². The van der Waals surface area contributed by atoms with Gasteiger partial charge >= 0.3 is 0 Å². The SMILES string of the molecule is Cc1oc(-c2cccs2)nc1C(=O)Nc1ccccc1N1CCOCC1. The van der Waals surface area contributed by atoms with Crippen LogP contribution < -0.4 is 10.2 Å². The number of oxazole rings is 1. The van der Waals surface area contributed by atoms with Crippen LogP contribution in [0.1, 0.15) is 16.2 Å². The van der Waals surface area contributed by atoms with E-state index >= 15 is 0 Å². The molecule has 0 spiro atoms. The third-order valence-corrected chi connectivity index (χ3v) is 5.11. The van der Waals surface area contributed by atoms with Crippen LogP contribution in [-0.2, 0) is 4.74 Å². The highest BCUT2D eigenvalue weighted by atomic mass is 32.1. The highest BCUT2D eigenvalue weighted by molar-refractivity contribution is 7.13. The van der Waals surface area contributed by atoms with Gasteiger partial charge in [0.05, 0.1) is 29.5 Å². The lowest BCUT2D eigenvalue weighted by atomic mass is 10.2. The minimum Gasteiger partial charge on any atom is -0.440 e. The summed E-state index contributed by atoms with van der Waals surface area (Å²) in [5, 5.41) is 4.93. The van der Waals surface area contributed by atoms with Gasteiger partial charge in [-0.15, -0.1) is 11.3 Å². The van der Waals surface area contributed by atoms with E-state index in [-0.39, 0.29) is 5.91 Å². The van der Waals surface area contributed by atoms with Crippen molar-refractivity contribution in [3.05, 3.63) is 53.2 Å². The van der Waals surface area contributed by atoms with E-state index in [0.29, 0.717) is 30.6 Å². The number of carbonyl (C=O) groups excluding carboxylic acids is 1. The van der Waals surface area contributed by atoms with Gasteiger partial charge in [-0.05, 0) is 30.5 Å². The smallest absolute Gasteiger partial charge is 0.277 e. The summed E-state index contributed by atoms with van der Waals surface area (Å²) in [5.74, 6) is 0.716. The number of carbonyl (C=O) groups is 1. The molecule has 3 aromatic rings. The van der Waals surface area contributed by atoms with Crippen molar-refractivity contribution in [2.45, 2.75) is 6.92 Å². The molecule has 0 atom stereocenters. The van der Waals surface area contributed by atoms with E-state index in [0.717, 1.165) is 29.3 Å². The summed E-state index contributed by atoms with van der Waals surface area (Å²) in [5.41, 5.74) is 2.06. The van der Waals surface area contributed by atoms with Crippen molar-refractivity contribution in [2.24, 2.45) is 0 Å². The summed E-state index contributed by atoms with van der Waals surface area (Å²) in [6.45, 7) is 4.74. The first-order chi connectivity index (χ1) is 12.7. The number of amides is 1. The summed E-state index contributed by atoms with van der Waals surface area (Å²) < 4.78 is 11.1. The molecule has 0 saturated carbocycles. The Balaban J connectivity index is 1.57. The number of nitrogens with one attached hydrogen (secondary N) is 1. The van der Waals surface area contributed by atoms with E-state index in [2.05, 4.69) is 15.2 Å². The zero-order valence-electron chi connectivity index (χ0n) is 14.4. The van der Waals surface area contributed by atoms with Crippen molar-refractivity contribution in [3.63, 3.8) is 0 Å². The average molecular weight is 369 g/mol. The lowest BCUT2D eigenvalue weighted by Gasteiger charge is -2.30. The maximum absolute atomic E-state index is 12.8. The van der Waals surface area contributed by atoms with Gasteiger partial charge in [0.2, 0.25) is 5.89 Å². The van der Waals surface area contributed by atoms with E-state index in [9.17, 15) is 4.79 Å². The largest absolute Gasteiger partial charge is 0.440 e. The van der Waals surface area contributed by atoms with E-state index in [4.69, 9.17) is 9.15 Å². The topological polar surface area (TPSA) is 67.6 Å². The fourth-order valence-corrected chi connectivity index (χ4v) is 3.60. The number of anilines is 2. The molecule has 7 heteroatoms. The van der Waals surface area contributed by atoms with Crippen molar-refractivity contribution in [2.75, 3.05) is 36.5 Å². The number of benzene rings is 1. The third-order valence-electron chi connectivity index (χ3n) is 4.25. The van der Waals surface area contributed by atoms with Gasteiger partial charge in [-0.25, -0.2) is 4.98 Å². The van der Waals surface area contributed by atoms with Gasteiger partial charge < -0.3 is 19.4 Å². The second kappa shape index (κ2) is 7.31. The van der Waals surface area contributed by atoms with Crippen molar-refractivity contribution in [1.29, 1.82) is 0 Å². The number of para-hydroxylation sites is 2. The number of ether oxygens (including phenoxy) is 1. The molecule has 134 valence electrons. The predicted octanol–water partition coefficient (Wildman–Crippen LogP) is 3.80. The second-order valence-corrected chi connectivity index (χ2v) is 6.92. The molecule has 1 saturated heterocycles. The van der Waals surface area contributed by atoms with Crippen LogP contribution in [-0.4, -0.2) is 37.2 Å². The molecule has 1 amide bonds. The Morgan fingerprint density at radius 3 is 2.77 bits per heavy atom. The minimum atomic E-state index is -0.269. The number of aryl methyl sites for hydroxylation is 1. The molecule has 1 aromatic carbocycles. The number of hydrogen-bond acceptors (Lipinski definition) is 6. The number of hydrogen-bond donors (Lipinski definition) is 1. The van der Waals surface area contributed by atoms with Crippen LogP contribution >= 0.6 is 11.3 Å². The van der Waals surface area contributed by atoms with Gasteiger partial charge in [-0.3, -0.25) is 4.79 Å². The third kappa shape index (κ3) is 3.36. The molecular weight excluding hydrogens is 350 g/mol. The molecule has 2 aromatic heterocycles. The standard InChI is InChI=1S/C19H19N3O3S/c1-13-17(21-19(25-13)16-7-4-12-26-16)18(23)20-14-5-2-3-6-15(14)22-8-10-24-11-9-22/h2-7,12H,8-11H2,1H3,(H,20,23). The second-order valence-electron chi connectivity index (χ2n) is 5.97. The molecule has 0 radical (unpaired) electrons. The molecular formula is C19H19N3O3S. The Hall–Kier alpha value is -2.64. The van der Waals surface area contributed by atoms with Crippen LogP contribution in [0.15, 0.2) is 46.2 Å². The number of morpholine rings is 1. The molecule has 4 rings (SSSR count). The summed E-state index contributed by atoms with van der Waals surface area (Å²) in [6, 6.07) is 11.6. The zero-order valence-corrected chi connectivity index (χ0v) is 15.2. The van der Waals surface area contributed by atoms with Crippen LogP contribution in [0.3, 0.4) is 0 Å². The Kier molecular flexibility index (Phi) is 4.73. The number of aromatic nitrogens is 1. The summed E-state index contributed by atoms with van der Waals surface area (Å²) in [4.78, 5) is 20.3. The first-order valence-electron chi connectivity index (χ1n) is 8.47. The van der Waals surface area contributed by atoms with E-state index in [1.165, 1.54) is 11.3 Å². The highest BCUT2D eigenvalue weighted by Gasteiger charge is 2.21. The van der Waals surface area contributed by atoms with E-state index in [1.54, 1.807) is 6.92 Å².